The lowest BCUT2D eigenvalue weighted by Crippen LogP contribution is -2.28. The first kappa shape index (κ1) is 12.2. The summed E-state index contributed by atoms with van der Waals surface area (Å²) in [7, 11) is 3.84. The molecule has 0 radical (unpaired) electrons. The van der Waals surface area contributed by atoms with Crippen molar-refractivity contribution in [2.75, 3.05) is 14.1 Å². The van der Waals surface area contributed by atoms with Gasteiger partial charge in [-0.2, -0.15) is 0 Å². The van der Waals surface area contributed by atoms with Crippen molar-refractivity contribution in [1.29, 1.82) is 0 Å². The molecule has 4 heteroatoms. The minimum Gasteiger partial charge on any atom is -0.393 e. The highest BCUT2D eigenvalue weighted by atomic mass is 79.9. The third-order valence-corrected chi connectivity index (χ3v) is 2.91. The smallest absolute Gasteiger partial charge is 0.0439 e. The highest BCUT2D eigenvalue weighted by Gasteiger charge is 2.10. The van der Waals surface area contributed by atoms with Crippen LogP contribution in [0.15, 0.2) is 35.2 Å². The highest BCUT2D eigenvalue weighted by Crippen LogP contribution is 2.14. The van der Waals surface area contributed by atoms with Crippen LogP contribution >= 0.6 is 15.9 Å². The van der Waals surface area contributed by atoms with Gasteiger partial charge in [0.25, 0.3) is 0 Å². The summed E-state index contributed by atoms with van der Waals surface area (Å²) in [4.78, 5) is 4.10. The minimum absolute atomic E-state index is 0.279. The Hall–Kier alpha value is -0.870. The molecule has 1 aromatic rings. The van der Waals surface area contributed by atoms with Gasteiger partial charge in [-0.1, -0.05) is 22.0 Å². The first-order chi connectivity index (χ1) is 7.27. The molecule has 0 saturated carbocycles. The maximum Gasteiger partial charge on any atom is 0.0439 e. The van der Waals surface area contributed by atoms with Gasteiger partial charge in [0.05, 0.1) is 0 Å². The van der Waals surface area contributed by atoms with Crippen LogP contribution in [0.25, 0.3) is 0 Å². The topological polar surface area (TPSA) is 37.0 Å². The number of rotatable bonds is 5. The predicted octanol–water partition coefficient (Wildman–Crippen LogP) is 1.67. The predicted molar refractivity (Wildman–Crippen MR) is 66.9 cm³/mol. The van der Waals surface area contributed by atoms with Gasteiger partial charge in [-0.3, -0.25) is 4.98 Å². The molecule has 0 amide bonds. The zero-order valence-corrected chi connectivity index (χ0v) is 10.6. The van der Waals surface area contributed by atoms with E-state index in [4.69, 9.17) is 0 Å². The molecule has 0 aliphatic heterocycles. The zero-order valence-electron chi connectivity index (χ0n) is 9.00. The molecule has 1 unspecified atom stereocenters. The Morgan fingerprint density at radius 1 is 1.60 bits per heavy atom. The minimum atomic E-state index is 0.279. The van der Waals surface area contributed by atoms with Crippen LogP contribution in [0, 0.1) is 0 Å². The fourth-order valence-electron chi connectivity index (χ4n) is 1.33. The van der Waals surface area contributed by atoms with Crippen LogP contribution in [0.2, 0.25) is 0 Å². The third kappa shape index (κ3) is 4.01. The molecule has 0 saturated heterocycles. The van der Waals surface area contributed by atoms with Gasteiger partial charge in [-0.05, 0) is 25.1 Å². The zero-order chi connectivity index (χ0) is 11.1. The van der Waals surface area contributed by atoms with E-state index in [0.717, 1.165) is 10.9 Å². The Morgan fingerprint density at radius 2 is 2.40 bits per heavy atom. The van der Waals surface area contributed by atoms with E-state index in [1.165, 1.54) is 5.56 Å². The van der Waals surface area contributed by atoms with Crippen molar-refractivity contribution in [3.63, 3.8) is 0 Å². The van der Waals surface area contributed by atoms with Crippen molar-refractivity contribution in [3.05, 3.63) is 40.8 Å². The summed E-state index contributed by atoms with van der Waals surface area (Å²) in [5, 5.41) is 6.26. The number of nitrogens with zero attached hydrogens (tertiary/aromatic N) is 1. The Bertz CT molecular complexity index is 311. The maximum absolute atomic E-state index is 4.10. The standard InChI is InChI=1S/C11H16BrN3/c1-13-8-10(12)11(14-2)6-9-4-3-5-15-7-9/h3-5,7-8,11,13-14H,6H2,1-2H3/b10-8+. The van der Waals surface area contributed by atoms with Gasteiger partial charge in [-0.15, -0.1) is 0 Å². The molecular weight excluding hydrogens is 254 g/mol. The number of hydrogen-bond donors (Lipinski definition) is 2. The van der Waals surface area contributed by atoms with Gasteiger partial charge in [0, 0.05) is 36.2 Å². The molecule has 1 rings (SSSR count). The number of pyridine rings is 1. The van der Waals surface area contributed by atoms with E-state index >= 15 is 0 Å². The summed E-state index contributed by atoms with van der Waals surface area (Å²) >= 11 is 3.54. The summed E-state index contributed by atoms with van der Waals surface area (Å²) in [6.45, 7) is 0. The quantitative estimate of drug-likeness (QED) is 0.854. The van der Waals surface area contributed by atoms with Gasteiger partial charge in [0.2, 0.25) is 0 Å². The fraction of sp³-hybridized carbons (Fsp3) is 0.364. The van der Waals surface area contributed by atoms with E-state index in [1.54, 1.807) is 6.20 Å². The van der Waals surface area contributed by atoms with Crippen molar-refractivity contribution >= 4 is 15.9 Å². The molecule has 0 aromatic carbocycles. The van der Waals surface area contributed by atoms with Crippen molar-refractivity contribution in [3.8, 4) is 0 Å². The lowest BCUT2D eigenvalue weighted by molar-refractivity contribution is 0.653. The molecule has 3 nitrogen and oxygen atoms in total. The number of halogens is 1. The first-order valence-corrected chi connectivity index (χ1v) is 5.66. The maximum atomic E-state index is 4.10. The van der Waals surface area contributed by atoms with E-state index in [-0.39, 0.29) is 6.04 Å². The molecule has 15 heavy (non-hydrogen) atoms. The summed E-state index contributed by atoms with van der Waals surface area (Å²) in [6.07, 6.45) is 6.54. The van der Waals surface area contributed by atoms with E-state index in [0.29, 0.717) is 0 Å². The number of hydrogen-bond acceptors (Lipinski definition) is 3. The van der Waals surface area contributed by atoms with Crippen molar-refractivity contribution in [2.45, 2.75) is 12.5 Å². The molecule has 1 aromatic heterocycles. The normalized spacial score (nSPS) is 13.7. The average Bonchev–Trinajstić information content (AvgIpc) is 2.27. The second-order valence-corrected chi connectivity index (χ2v) is 4.14. The fourth-order valence-corrected chi connectivity index (χ4v) is 1.95. The monoisotopic (exact) mass is 269 g/mol. The highest BCUT2D eigenvalue weighted by molar-refractivity contribution is 9.11. The first-order valence-electron chi connectivity index (χ1n) is 4.87. The summed E-state index contributed by atoms with van der Waals surface area (Å²) in [6, 6.07) is 4.32. The molecule has 0 aliphatic rings. The van der Waals surface area contributed by atoms with E-state index in [1.807, 2.05) is 32.6 Å². The second-order valence-electron chi connectivity index (χ2n) is 3.22. The van der Waals surface area contributed by atoms with E-state index in [2.05, 4.69) is 37.6 Å². The van der Waals surface area contributed by atoms with Gasteiger partial charge in [-0.25, -0.2) is 0 Å². The number of nitrogens with one attached hydrogen (secondary N) is 2. The molecule has 82 valence electrons. The van der Waals surface area contributed by atoms with Crippen LogP contribution in [0.4, 0.5) is 0 Å². The average molecular weight is 270 g/mol. The van der Waals surface area contributed by atoms with Gasteiger partial charge < -0.3 is 10.6 Å². The molecular formula is C11H16BrN3. The Balaban J connectivity index is 2.66. The van der Waals surface area contributed by atoms with Crippen LogP contribution in [-0.2, 0) is 6.42 Å². The molecule has 2 N–H and O–H groups in total. The number of aromatic nitrogens is 1. The van der Waals surface area contributed by atoms with Gasteiger partial charge in [0.15, 0.2) is 0 Å². The van der Waals surface area contributed by atoms with Gasteiger partial charge >= 0.3 is 0 Å². The van der Waals surface area contributed by atoms with Crippen molar-refractivity contribution in [2.24, 2.45) is 0 Å². The SMILES string of the molecule is CN/C=C(/Br)C(Cc1cccnc1)NC. The Morgan fingerprint density at radius 3 is 2.93 bits per heavy atom. The molecule has 1 atom stereocenters. The van der Waals surface area contributed by atoms with Crippen LogP contribution in [0.3, 0.4) is 0 Å². The van der Waals surface area contributed by atoms with E-state index < -0.39 is 0 Å². The van der Waals surface area contributed by atoms with Crippen molar-refractivity contribution < 1.29 is 0 Å². The molecule has 0 aliphatic carbocycles. The Labute approximate surface area is 99.1 Å². The van der Waals surface area contributed by atoms with Crippen molar-refractivity contribution in [1.82, 2.24) is 15.6 Å². The third-order valence-electron chi connectivity index (χ3n) is 2.13. The summed E-state index contributed by atoms with van der Waals surface area (Å²) in [5.41, 5.74) is 1.22. The second kappa shape index (κ2) is 6.58. The molecule has 0 fully saturated rings. The molecule has 0 bridgehead atoms. The van der Waals surface area contributed by atoms with Crippen LogP contribution in [0.5, 0.6) is 0 Å². The lowest BCUT2D eigenvalue weighted by atomic mass is 10.1. The lowest BCUT2D eigenvalue weighted by Gasteiger charge is -2.15. The van der Waals surface area contributed by atoms with Gasteiger partial charge in [0.1, 0.15) is 0 Å². The van der Waals surface area contributed by atoms with E-state index in [9.17, 15) is 0 Å². The molecule has 1 heterocycles. The van der Waals surface area contributed by atoms with Crippen LogP contribution in [0.1, 0.15) is 5.56 Å². The number of likely N-dealkylation sites (N-methyl/N-ethyl adjacent to an activating group) is 1. The summed E-state index contributed by atoms with van der Waals surface area (Å²) < 4.78 is 1.11. The Kier molecular flexibility index (Phi) is 5.36. The van der Waals surface area contributed by atoms with Crippen LogP contribution in [-0.4, -0.2) is 25.1 Å². The van der Waals surface area contributed by atoms with Crippen LogP contribution < -0.4 is 10.6 Å². The summed E-state index contributed by atoms with van der Waals surface area (Å²) in [5.74, 6) is 0. The largest absolute Gasteiger partial charge is 0.393 e. The molecule has 0 spiro atoms.